The third-order valence-corrected chi connectivity index (χ3v) is 7.09. The van der Waals surface area contributed by atoms with Gasteiger partial charge < -0.3 is 5.32 Å². The highest BCUT2D eigenvalue weighted by Crippen LogP contribution is 2.25. The average molecular weight is 441 g/mol. The minimum atomic E-state index is -4.05. The van der Waals surface area contributed by atoms with Gasteiger partial charge in [-0.05, 0) is 67.8 Å². The van der Waals surface area contributed by atoms with Crippen molar-refractivity contribution in [1.29, 1.82) is 0 Å². The van der Waals surface area contributed by atoms with Crippen molar-refractivity contribution < 1.29 is 17.6 Å². The molecular weight excluding hydrogens is 415 g/mol. The van der Waals surface area contributed by atoms with Crippen molar-refractivity contribution in [2.45, 2.75) is 31.7 Å². The van der Waals surface area contributed by atoms with Crippen LogP contribution in [0.5, 0.6) is 0 Å². The monoisotopic (exact) mass is 440 g/mol. The predicted molar refractivity (Wildman–Crippen MR) is 120 cm³/mol. The van der Waals surface area contributed by atoms with Gasteiger partial charge in [-0.15, -0.1) is 0 Å². The number of benzene rings is 3. The molecule has 162 valence electrons. The molecule has 1 N–H and O–H groups in total. The largest absolute Gasteiger partial charge is 0.346 e. The van der Waals surface area contributed by atoms with E-state index in [9.17, 15) is 17.6 Å². The zero-order valence-corrected chi connectivity index (χ0v) is 18.7. The van der Waals surface area contributed by atoms with Crippen LogP contribution in [0.3, 0.4) is 0 Å². The number of anilines is 1. The lowest BCUT2D eigenvalue weighted by atomic mass is 10.0. The van der Waals surface area contributed by atoms with Crippen LogP contribution in [-0.4, -0.2) is 21.4 Å². The summed E-state index contributed by atoms with van der Waals surface area (Å²) in [5, 5.41) is 2.90. The second-order valence-corrected chi connectivity index (χ2v) is 9.46. The molecule has 1 amide bonds. The molecule has 5 nitrogen and oxygen atoms in total. The van der Waals surface area contributed by atoms with Crippen LogP contribution < -0.4 is 9.62 Å². The van der Waals surface area contributed by atoms with Crippen LogP contribution in [0.4, 0.5) is 10.1 Å². The zero-order chi connectivity index (χ0) is 22.8. The lowest BCUT2D eigenvalue weighted by Crippen LogP contribution is -2.29. The smallest absolute Gasteiger partial charge is 0.264 e. The summed E-state index contributed by atoms with van der Waals surface area (Å²) in [6, 6.07) is 17.1. The van der Waals surface area contributed by atoms with Gasteiger partial charge in [-0.2, -0.15) is 0 Å². The molecule has 3 aromatic rings. The summed E-state index contributed by atoms with van der Waals surface area (Å²) in [5.41, 5.74) is 3.39. The Morgan fingerprint density at radius 1 is 0.968 bits per heavy atom. The number of carbonyl (C=O) groups excluding carboxylic acids is 1. The zero-order valence-electron chi connectivity index (χ0n) is 17.9. The molecule has 31 heavy (non-hydrogen) atoms. The summed E-state index contributed by atoms with van der Waals surface area (Å²) in [6.07, 6.45) is 0. The molecule has 0 saturated heterocycles. The minimum absolute atomic E-state index is 0.0688. The fourth-order valence-corrected chi connectivity index (χ4v) is 4.44. The fourth-order valence-electron chi connectivity index (χ4n) is 3.19. The average Bonchev–Trinajstić information content (AvgIpc) is 2.75. The Balaban J connectivity index is 1.84. The standard InChI is InChI=1S/C24H25FN2O3S/c1-16-12-13-19(14-17(16)2)18(3)26-24(28)20-8-7-9-21(15-20)31(29,30)27(4)23-11-6-5-10-22(23)25/h5-15,18H,1-4H3,(H,26,28)/t18-/m1/s1. The number of hydrogen-bond donors (Lipinski definition) is 1. The number of rotatable bonds is 6. The highest BCUT2D eigenvalue weighted by atomic mass is 32.2. The first kappa shape index (κ1) is 22.5. The first-order valence-corrected chi connectivity index (χ1v) is 11.3. The topological polar surface area (TPSA) is 66.5 Å². The molecule has 0 heterocycles. The van der Waals surface area contributed by atoms with E-state index in [2.05, 4.69) is 5.32 Å². The van der Waals surface area contributed by atoms with E-state index in [1.54, 1.807) is 12.1 Å². The molecule has 0 aromatic heterocycles. The van der Waals surface area contributed by atoms with Gasteiger partial charge in [0.2, 0.25) is 0 Å². The number of hydrogen-bond acceptors (Lipinski definition) is 3. The van der Waals surface area contributed by atoms with Crippen LogP contribution >= 0.6 is 0 Å². The molecule has 0 unspecified atom stereocenters. The summed E-state index contributed by atoms with van der Waals surface area (Å²) in [6.45, 7) is 5.90. The van der Waals surface area contributed by atoms with Gasteiger partial charge in [0.05, 0.1) is 16.6 Å². The van der Waals surface area contributed by atoms with E-state index in [1.165, 1.54) is 49.0 Å². The van der Waals surface area contributed by atoms with Crippen molar-refractivity contribution in [1.82, 2.24) is 5.32 Å². The van der Waals surface area contributed by atoms with E-state index in [-0.39, 0.29) is 22.2 Å². The highest BCUT2D eigenvalue weighted by Gasteiger charge is 2.24. The van der Waals surface area contributed by atoms with E-state index in [0.29, 0.717) is 0 Å². The second-order valence-electron chi connectivity index (χ2n) is 7.49. The summed E-state index contributed by atoms with van der Waals surface area (Å²) in [5.74, 6) is -1.04. The number of para-hydroxylation sites is 1. The van der Waals surface area contributed by atoms with E-state index in [1.807, 2.05) is 39.0 Å². The minimum Gasteiger partial charge on any atom is -0.346 e. The van der Waals surface area contributed by atoms with Crippen molar-refractivity contribution in [2.75, 3.05) is 11.4 Å². The number of halogens is 1. The Morgan fingerprint density at radius 3 is 2.35 bits per heavy atom. The van der Waals surface area contributed by atoms with Gasteiger partial charge in [-0.3, -0.25) is 9.10 Å². The van der Waals surface area contributed by atoms with Crippen molar-refractivity contribution in [3.05, 3.63) is 94.8 Å². The van der Waals surface area contributed by atoms with E-state index >= 15 is 0 Å². The Labute approximate surface area is 182 Å². The molecule has 0 aliphatic heterocycles. The number of amides is 1. The molecule has 0 radical (unpaired) electrons. The van der Waals surface area contributed by atoms with E-state index in [4.69, 9.17) is 0 Å². The number of aryl methyl sites for hydroxylation is 2. The van der Waals surface area contributed by atoms with Crippen LogP contribution in [0.15, 0.2) is 71.6 Å². The third kappa shape index (κ3) is 4.77. The van der Waals surface area contributed by atoms with Gasteiger partial charge in [0.1, 0.15) is 5.82 Å². The molecule has 0 bridgehead atoms. The quantitative estimate of drug-likeness (QED) is 0.601. The van der Waals surface area contributed by atoms with E-state index in [0.717, 1.165) is 15.4 Å². The summed E-state index contributed by atoms with van der Waals surface area (Å²) in [4.78, 5) is 12.7. The van der Waals surface area contributed by atoms with Gasteiger partial charge in [0.15, 0.2) is 0 Å². The van der Waals surface area contributed by atoms with Crippen LogP contribution in [0.2, 0.25) is 0 Å². The SMILES string of the molecule is Cc1ccc([C@@H](C)NC(=O)c2cccc(S(=O)(=O)N(C)c3ccccc3F)c2)cc1C. The van der Waals surface area contributed by atoms with Gasteiger partial charge in [0.25, 0.3) is 15.9 Å². The lowest BCUT2D eigenvalue weighted by molar-refractivity contribution is 0.0939. The molecule has 1 atom stereocenters. The molecule has 0 saturated carbocycles. The Hall–Kier alpha value is -3.19. The van der Waals surface area contributed by atoms with Gasteiger partial charge >= 0.3 is 0 Å². The molecule has 0 aliphatic rings. The molecule has 3 aromatic carbocycles. The third-order valence-electron chi connectivity index (χ3n) is 5.32. The van der Waals surface area contributed by atoms with Gasteiger partial charge in [0, 0.05) is 12.6 Å². The normalized spacial score (nSPS) is 12.3. The molecule has 0 aliphatic carbocycles. The predicted octanol–water partition coefficient (Wildman–Crippen LogP) is 4.76. The first-order valence-electron chi connectivity index (χ1n) is 9.83. The van der Waals surface area contributed by atoms with Crippen LogP contribution in [-0.2, 0) is 10.0 Å². The molecule has 0 spiro atoms. The van der Waals surface area contributed by atoms with Crippen molar-refractivity contribution in [3.63, 3.8) is 0 Å². The van der Waals surface area contributed by atoms with Gasteiger partial charge in [-0.25, -0.2) is 12.8 Å². The molecule has 3 rings (SSSR count). The lowest BCUT2D eigenvalue weighted by Gasteiger charge is -2.20. The second kappa shape index (κ2) is 8.89. The van der Waals surface area contributed by atoms with Crippen molar-refractivity contribution in [2.24, 2.45) is 0 Å². The number of nitrogens with zero attached hydrogens (tertiary/aromatic N) is 1. The highest BCUT2D eigenvalue weighted by molar-refractivity contribution is 7.92. The number of nitrogens with one attached hydrogen (secondary N) is 1. The van der Waals surface area contributed by atoms with Crippen LogP contribution in [0, 0.1) is 19.7 Å². The maximum Gasteiger partial charge on any atom is 0.264 e. The molecule has 7 heteroatoms. The van der Waals surface area contributed by atoms with Gasteiger partial charge in [-0.1, -0.05) is 36.4 Å². The first-order chi connectivity index (χ1) is 14.6. The van der Waals surface area contributed by atoms with Crippen molar-refractivity contribution in [3.8, 4) is 0 Å². The summed E-state index contributed by atoms with van der Waals surface area (Å²) >= 11 is 0. The molecule has 0 fully saturated rings. The van der Waals surface area contributed by atoms with E-state index < -0.39 is 21.7 Å². The number of sulfonamides is 1. The summed E-state index contributed by atoms with van der Waals surface area (Å²) < 4.78 is 41.0. The van der Waals surface area contributed by atoms with Crippen LogP contribution in [0.1, 0.15) is 40.0 Å². The summed E-state index contributed by atoms with van der Waals surface area (Å²) in [7, 11) is -2.77. The Kier molecular flexibility index (Phi) is 6.45. The Morgan fingerprint density at radius 2 is 1.68 bits per heavy atom. The maximum atomic E-state index is 14.1. The van der Waals surface area contributed by atoms with Crippen LogP contribution in [0.25, 0.3) is 0 Å². The Bertz CT molecular complexity index is 1220. The maximum absolute atomic E-state index is 14.1. The number of carbonyl (C=O) groups is 1. The van der Waals surface area contributed by atoms with Crippen molar-refractivity contribution >= 4 is 21.6 Å². The fraction of sp³-hybridized carbons (Fsp3) is 0.208. The molecular formula is C24H25FN2O3S.